The van der Waals surface area contributed by atoms with Crippen LogP contribution in [-0.4, -0.2) is 24.3 Å². The van der Waals surface area contributed by atoms with Gasteiger partial charge in [0.1, 0.15) is 36.4 Å². The van der Waals surface area contributed by atoms with Gasteiger partial charge in [0.2, 0.25) is 0 Å². The number of hydrogen-bond donors (Lipinski definition) is 1. The summed E-state index contributed by atoms with van der Waals surface area (Å²) in [6.45, 7) is 0.433. The normalized spacial score (nSPS) is 10.8. The Balaban J connectivity index is 2.06. The van der Waals surface area contributed by atoms with Gasteiger partial charge in [-0.25, -0.2) is 4.79 Å². The third-order valence-electron chi connectivity index (χ3n) is 3.06. The molecule has 2 aromatic carbocycles. The summed E-state index contributed by atoms with van der Waals surface area (Å²) in [4.78, 5) is 11.0. The van der Waals surface area contributed by atoms with Crippen LogP contribution < -0.4 is 9.47 Å². The van der Waals surface area contributed by atoms with E-state index < -0.39 is 11.5 Å². The highest BCUT2D eigenvalue weighted by atomic mass is 35.5. The van der Waals surface area contributed by atoms with E-state index in [9.17, 15) is 4.79 Å². The molecule has 128 valence electrons. The zero-order chi connectivity index (χ0) is 18.2. The minimum Gasteiger partial charge on any atom is -0.489 e. The minimum atomic E-state index is -1.32. The smallest absolute Gasteiger partial charge is 0.346 e. The van der Waals surface area contributed by atoms with Crippen LogP contribution >= 0.6 is 23.2 Å². The summed E-state index contributed by atoms with van der Waals surface area (Å²) in [5.41, 5.74) is -0.0244. The number of aliphatic carboxylic acids is 1. The molecule has 0 aliphatic carbocycles. The molecule has 0 aliphatic rings. The highest BCUT2D eigenvalue weighted by Crippen LogP contribution is 2.26. The summed E-state index contributed by atoms with van der Waals surface area (Å²) in [5, 5.41) is 18.7. The third-order valence-corrected chi connectivity index (χ3v) is 3.60. The first kappa shape index (κ1) is 18.7. The van der Waals surface area contributed by atoms with E-state index in [1.54, 1.807) is 42.5 Å². The molecule has 25 heavy (non-hydrogen) atoms. The number of benzene rings is 2. The van der Waals surface area contributed by atoms with Gasteiger partial charge in [-0.1, -0.05) is 35.3 Å². The van der Waals surface area contributed by atoms with Gasteiger partial charge >= 0.3 is 5.97 Å². The average Bonchev–Trinajstić information content (AvgIpc) is 2.59. The molecule has 0 aliphatic heterocycles. The van der Waals surface area contributed by atoms with Crippen LogP contribution in [0.3, 0.4) is 0 Å². The minimum absolute atomic E-state index is 0.197. The molecule has 0 unspecified atom stereocenters. The Bertz CT molecular complexity index is 843. The lowest BCUT2D eigenvalue weighted by Crippen LogP contribution is -2.10. The maximum Gasteiger partial charge on any atom is 0.346 e. The Morgan fingerprint density at radius 1 is 1.12 bits per heavy atom. The van der Waals surface area contributed by atoms with Crippen LogP contribution in [0.15, 0.2) is 48.0 Å². The second kappa shape index (κ2) is 8.97. The molecule has 0 aromatic heterocycles. The first-order chi connectivity index (χ1) is 12.0. The van der Waals surface area contributed by atoms with Crippen molar-refractivity contribution in [2.24, 2.45) is 0 Å². The quantitative estimate of drug-likeness (QED) is 0.438. The molecule has 7 heteroatoms. The zero-order valence-electron chi connectivity index (χ0n) is 12.9. The number of para-hydroxylation sites is 1. The predicted molar refractivity (Wildman–Crippen MR) is 95.1 cm³/mol. The molecular weight excluding hydrogens is 365 g/mol. The van der Waals surface area contributed by atoms with Crippen molar-refractivity contribution in [2.75, 3.05) is 13.2 Å². The maximum atomic E-state index is 11.0. The Kier molecular flexibility index (Phi) is 6.70. The molecule has 1 N–H and O–H groups in total. The van der Waals surface area contributed by atoms with Gasteiger partial charge in [-0.3, -0.25) is 0 Å². The molecule has 0 spiro atoms. The molecule has 0 radical (unpaired) electrons. The number of nitrogens with zero attached hydrogens (tertiary/aromatic N) is 1. The predicted octanol–water partition coefficient (Wildman–Crippen LogP) is 4.44. The van der Waals surface area contributed by atoms with Crippen LogP contribution in [0.1, 0.15) is 5.56 Å². The molecule has 0 atom stereocenters. The Hall–Kier alpha value is -2.68. The van der Waals surface area contributed by atoms with Gasteiger partial charge in [-0.2, -0.15) is 5.26 Å². The first-order valence-corrected chi connectivity index (χ1v) is 7.91. The first-order valence-electron chi connectivity index (χ1n) is 7.16. The second-order valence-electron chi connectivity index (χ2n) is 4.78. The van der Waals surface area contributed by atoms with Gasteiger partial charge in [-0.05, 0) is 36.4 Å². The number of hydrogen-bond acceptors (Lipinski definition) is 4. The van der Waals surface area contributed by atoms with Crippen molar-refractivity contribution in [3.63, 3.8) is 0 Å². The maximum absolute atomic E-state index is 11.0. The highest BCUT2D eigenvalue weighted by molar-refractivity contribution is 6.32. The summed E-state index contributed by atoms with van der Waals surface area (Å²) in [6, 6.07) is 13.4. The molecule has 0 heterocycles. The van der Waals surface area contributed by atoms with Crippen molar-refractivity contribution < 1.29 is 19.4 Å². The lowest BCUT2D eigenvalue weighted by Gasteiger charge is -2.11. The fraction of sp³-hybridized carbons (Fsp3) is 0.111. The molecule has 0 fully saturated rings. The summed E-state index contributed by atoms with van der Waals surface area (Å²) in [6.07, 6.45) is 1.21. The van der Waals surface area contributed by atoms with Crippen molar-refractivity contribution in [2.45, 2.75) is 0 Å². The molecule has 0 amide bonds. The average molecular weight is 378 g/mol. The van der Waals surface area contributed by atoms with E-state index >= 15 is 0 Å². The fourth-order valence-corrected chi connectivity index (χ4v) is 2.30. The van der Waals surface area contributed by atoms with Crippen LogP contribution in [-0.2, 0) is 4.79 Å². The van der Waals surface area contributed by atoms with Crippen LogP contribution in [0.5, 0.6) is 11.5 Å². The molecular formula is C18H13Cl2NO4. The number of carboxylic acid groups (broad SMARTS) is 1. The number of rotatable bonds is 7. The van der Waals surface area contributed by atoms with Gasteiger partial charge < -0.3 is 14.6 Å². The van der Waals surface area contributed by atoms with Crippen molar-refractivity contribution in [3.05, 3.63) is 63.6 Å². The zero-order valence-corrected chi connectivity index (χ0v) is 14.4. The van der Waals surface area contributed by atoms with E-state index in [1.807, 2.05) is 0 Å². The van der Waals surface area contributed by atoms with Gasteiger partial charge in [0, 0.05) is 10.6 Å². The van der Waals surface area contributed by atoms with Crippen LogP contribution in [0.25, 0.3) is 6.08 Å². The topological polar surface area (TPSA) is 79.5 Å². The van der Waals surface area contributed by atoms with E-state index in [-0.39, 0.29) is 13.2 Å². The standard InChI is InChI=1S/C18H13Cl2NO4/c19-14-5-6-16(12(10-14)9-13(11-21)18(22)23)24-7-8-25-17-4-2-1-3-15(17)20/h1-6,9-10H,7-8H2,(H,22,23). The monoisotopic (exact) mass is 377 g/mol. The lowest BCUT2D eigenvalue weighted by molar-refractivity contribution is -0.132. The van der Waals surface area contributed by atoms with Gasteiger partial charge in [0.25, 0.3) is 0 Å². The van der Waals surface area contributed by atoms with Gasteiger partial charge in [0.15, 0.2) is 0 Å². The molecule has 2 rings (SSSR count). The van der Waals surface area contributed by atoms with Crippen molar-refractivity contribution in [3.8, 4) is 17.6 Å². The number of carboxylic acids is 1. The Labute approximate surface area is 154 Å². The Morgan fingerprint density at radius 3 is 2.44 bits per heavy atom. The number of ether oxygens (including phenoxy) is 2. The second-order valence-corrected chi connectivity index (χ2v) is 5.63. The molecule has 0 saturated heterocycles. The molecule has 2 aromatic rings. The van der Waals surface area contributed by atoms with E-state index in [1.165, 1.54) is 12.1 Å². The summed E-state index contributed by atoms with van der Waals surface area (Å²) >= 11 is 11.9. The van der Waals surface area contributed by atoms with Crippen molar-refractivity contribution >= 4 is 35.2 Å². The van der Waals surface area contributed by atoms with Gasteiger partial charge in [-0.15, -0.1) is 0 Å². The summed E-state index contributed by atoms with van der Waals surface area (Å²) in [5.74, 6) is -0.390. The van der Waals surface area contributed by atoms with Crippen molar-refractivity contribution in [1.82, 2.24) is 0 Å². The molecule has 5 nitrogen and oxygen atoms in total. The SMILES string of the molecule is N#CC(=Cc1cc(Cl)ccc1OCCOc1ccccc1Cl)C(=O)O. The summed E-state index contributed by atoms with van der Waals surface area (Å²) < 4.78 is 11.1. The van der Waals surface area contributed by atoms with E-state index in [2.05, 4.69) is 0 Å². The van der Waals surface area contributed by atoms with Crippen LogP contribution in [0, 0.1) is 11.3 Å². The lowest BCUT2D eigenvalue weighted by atomic mass is 10.1. The number of nitriles is 1. The molecule has 0 saturated carbocycles. The largest absolute Gasteiger partial charge is 0.489 e. The van der Waals surface area contributed by atoms with E-state index in [0.29, 0.717) is 27.1 Å². The molecule has 0 bridgehead atoms. The Morgan fingerprint density at radius 2 is 1.80 bits per heavy atom. The van der Waals surface area contributed by atoms with Crippen molar-refractivity contribution in [1.29, 1.82) is 5.26 Å². The fourth-order valence-electron chi connectivity index (χ4n) is 1.93. The number of carbonyl (C=O) groups is 1. The van der Waals surface area contributed by atoms with E-state index in [0.717, 1.165) is 0 Å². The van der Waals surface area contributed by atoms with Crippen LogP contribution in [0.4, 0.5) is 0 Å². The number of halogens is 2. The van der Waals surface area contributed by atoms with Gasteiger partial charge in [0.05, 0.1) is 5.02 Å². The third kappa shape index (κ3) is 5.42. The van der Waals surface area contributed by atoms with E-state index in [4.69, 9.17) is 43.0 Å². The summed E-state index contributed by atoms with van der Waals surface area (Å²) in [7, 11) is 0. The highest BCUT2D eigenvalue weighted by Gasteiger charge is 2.10. The van der Waals surface area contributed by atoms with Crippen LogP contribution in [0.2, 0.25) is 10.0 Å².